The van der Waals surface area contributed by atoms with Crippen LogP contribution in [0.3, 0.4) is 0 Å². The molecule has 5 nitrogen and oxygen atoms in total. The van der Waals surface area contributed by atoms with Gasteiger partial charge in [-0.05, 0) is 29.3 Å². The lowest BCUT2D eigenvalue weighted by molar-refractivity contribution is -0.131. The number of benzene rings is 1. The summed E-state index contributed by atoms with van der Waals surface area (Å²) in [4.78, 5) is 10.5. The van der Waals surface area contributed by atoms with Gasteiger partial charge in [0.15, 0.2) is 0 Å². The van der Waals surface area contributed by atoms with Crippen LogP contribution in [0, 0.1) is 12.7 Å². The van der Waals surface area contributed by atoms with Crippen LogP contribution < -0.4 is 0 Å². The first kappa shape index (κ1) is 14.3. The van der Waals surface area contributed by atoms with E-state index in [4.69, 9.17) is 9.52 Å². The van der Waals surface area contributed by atoms with Crippen molar-refractivity contribution in [1.29, 1.82) is 0 Å². The summed E-state index contributed by atoms with van der Waals surface area (Å²) < 4.78 is 18.4. The first-order valence-corrected chi connectivity index (χ1v) is 6.65. The molecule has 1 aromatic carbocycles. The molecule has 0 saturated heterocycles. The maximum atomic E-state index is 13.2. The van der Waals surface area contributed by atoms with Crippen molar-refractivity contribution < 1.29 is 18.7 Å². The average Bonchev–Trinajstić information content (AvgIpc) is 2.81. The SMILES string of the molecule is Cc1nnc(SCc2ccc(F)cc2C=CC(=O)O)o1. The highest BCUT2D eigenvalue weighted by atomic mass is 32.2. The van der Waals surface area contributed by atoms with Crippen LogP contribution in [0.25, 0.3) is 6.08 Å². The molecule has 0 aliphatic heterocycles. The molecule has 1 aromatic heterocycles. The first-order valence-electron chi connectivity index (χ1n) is 5.67. The highest BCUT2D eigenvalue weighted by Gasteiger charge is 2.07. The highest BCUT2D eigenvalue weighted by Crippen LogP contribution is 2.24. The van der Waals surface area contributed by atoms with Gasteiger partial charge >= 0.3 is 5.97 Å². The van der Waals surface area contributed by atoms with Crippen molar-refractivity contribution in [2.45, 2.75) is 17.9 Å². The molecule has 0 bridgehead atoms. The zero-order chi connectivity index (χ0) is 14.5. The molecule has 1 N–H and O–H groups in total. The standard InChI is InChI=1S/C13H11FN2O3S/c1-8-15-16-13(19-8)20-7-10-2-4-11(14)6-9(10)3-5-12(17)18/h2-6H,7H2,1H3,(H,17,18). The normalized spacial score (nSPS) is 11.1. The number of hydrogen-bond donors (Lipinski definition) is 1. The molecule has 20 heavy (non-hydrogen) atoms. The molecule has 104 valence electrons. The van der Waals surface area contributed by atoms with Crippen LogP contribution in [-0.4, -0.2) is 21.3 Å². The summed E-state index contributed by atoms with van der Waals surface area (Å²) in [5.74, 6) is -0.559. The predicted molar refractivity (Wildman–Crippen MR) is 71.7 cm³/mol. The molecular formula is C13H11FN2O3S. The minimum atomic E-state index is -1.08. The topological polar surface area (TPSA) is 76.2 Å². The Kier molecular flexibility index (Phi) is 4.52. The van der Waals surface area contributed by atoms with Crippen LogP contribution >= 0.6 is 11.8 Å². The molecule has 0 fully saturated rings. The van der Waals surface area contributed by atoms with E-state index in [1.165, 1.54) is 30.0 Å². The number of nitrogens with zero attached hydrogens (tertiary/aromatic N) is 2. The van der Waals surface area contributed by atoms with Gasteiger partial charge in [0.25, 0.3) is 5.22 Å². The van der Waals surface area contributed by atoms with Gasteiger partial charge in [-0.15, -0.1) is 10.2 Å². The third-order valence-electron chi connectivity index (χ3n) is 2.37. The van der Waals surface area contributed by atoms with Crippen LogP contribution in [0.4, 0.5) is 4.39 Å². The monoisotopic (exact) mass is 294 g/mol. The first-order chi connectivity index (χ1) is 9.54. The number of aromatic nitrogens is 2. The molecule has 0 aliphatic carbocycles. The lowest BCUT2D eigenvalue weighted by Crippen LogP contribution is -1.91. The maximum absolute atomic E-state index is 13.2. The second-order valence-electron chi connectivity index (χ2n) is 3.89. The van der Waals surface area contributed by atoms with Gasteiger partial charge in [0, 0.05) is 18.8 Å². The molecule has 2 aromatic rings. The van der Waals surface area contributed by atoms with Gasteiger partial charge in [-0.3, -0.25) is 0 Å². The Bertz CT molecular complexity index is 655. The molecule has 0 saturated carbocycles. The fourth-order valence-electron chi connectivity index (χ4n) is 1.49. The van der Waals surface area contributed by atoms with Gasteiger partial charge < -0.3 is 9.52 Å². The van der Waals surface area contributed by atoms with E-state index >= 15 is 0 Å². The van der Waals surface area contributed by atoms with Crippen molar-refractivity contribution in [3.05, 3.63) is 47.1 Å². The van der Waals surface area contributed by atoms with Crippen molar-refractivity contribution in [3.63, 3.8) is 0 Å². The van der Waals surface area contributed by atoms with E-state index in [-0.39, 0.29) is 0 Å². The summed E-state index contributed by atoms with van der Waals surface area (Å²) in [5, 5.41) is 16.6. The Hall–Kier alpha value is -2.15. The van der Waals surface area contributed by atoms with Crippen LogP contribution in [0.1, 0.15) is 17.0 Å². The lowest BCUT2D eigenvalue weighted by Gasteiger charge is -2.04. The summed E-state index contributed by atoms with van der Waals surface area (Å²) in [6.45, 7) is 1.69. The second-order valence-corrected chi connectivity index (χ2v) is 4.82. The fourth-order valence-corrected chi connectivity index (χ4v) is 2.31. The zero-order valence-electron chi connectivity index (χ0n) is 10.5. The summed E-state index contributed by atoms with van der Waals surface area (Å²) >= 11 is 1.30. The molecule has 1 heterocycles. The third-order valence-corrected chi connectivity index (χ3v) is 3.24. The number of aryl methyl sites for hydroxylation is 1. The van der Waals surface area contributed by atoms with Crippen molar-refractivity contribution in [3.8, 4) is 0 Å². The van der Waals surface area contributed by atoms with Gasteiger partial charge in [-0.2, -0.15) is 0 Å². The maximum Gasteiger partial charge on any atom is 0.328 e. The van der Waals surface area contributed by atoms with Crippen molar-refractivity contribution >= 4 is 23.8 Å². The number of hydrogen-bond acceptors (Lipinski definition) is 5. The van der Waals surface area contributed by atoms with Gasteiger partial charge in [0.05, 0.1) is 0 Å². The number of carbonyl (C=O) groups is 1. The molecular weight excluding hydrogens is 283 g/mol. The van der Waals surface area contributed by atoms with Gasteiger partial charge in [0.1, 0.15) is 5.82 Å². The van der Waals surface area contributed by atoms with E-state index in [0.29, 0.717) is 22.4 Å². The Labute approximate surface area is 118 Å². The number of halogens is 1. The molecule has 0 unspecified atom stereocenters. The van der Waals surface area contributed by atoms with E-state index in [2.05, 4.69) is 10.2 Å². The van der Waals surface area contributed by atoms with E-state index in [1.54, 1.807) is 13.0 Å². The number of thioether (sulfide) groups is 1. The van der Waals surface area contributed by atoms with Crippen molar-refractivity contribution in [1.82, 2.24) is 10.2 Å². The van der Waals surface area contributed by atoms with Crippen LogP contribution in [0.5, 0.6) is 0 Å². The predicted octanol–water partition coefficient (Wildman–Crippen LogP) is 2.91. The quantitative estimate of drug-likeness (QED) is 0.675. The lowest BCUT2D eigenvalue weighted by atomic mass is 10.1. The molecule has 7 heteroatoms. The second kappa shape index (κ2) is 6.33. The summed E-state index contributed by atoms with van der Waals surface area (Å²) in [6.07, 6.45) is 2.33. The van der Waals surface area contributed by atoms with Crippen LogP contribution in [-0.2, 0) is 10.5 Å². The average molecular weight is 294 g/mol. The third kappa shape index (κ3) is 3.92. The fraction of sp³-hybridized carbons (Fsp3) is 0.154. The summed E-state index contributed by atoms with van der Waals surface area (Å²) in [6, 6.07) is 4.22. The molecule has 0 aliphatic rings. The van der Waals surface area contributed by atoms with E-state index in [0.717, 1.165) is 11.6 Å². The van der Waals surface area contributed by atoms with Crippen molar-refractivity contribution in [2.75, 3.05) is 0 Å². The Morgan fingerprint density at radius 2 is 2.30 bits per heavy atom. The Morgan fingerprint density at radius 1 is 1.50 bits per heavy atom. The van der Waals surface area contributed by atoms with Gasteiger partial charge in [0.2, 0.25) is 5.89 Å². The number of carboxylic acid groups (broad SMARTS) is 1. The van der Waals surface area contributed by atoms with Crippen molar-refractivity contribution in [2.24, 2.45) is 0 Å². The summed E-state index contributed by atoms with van der Waals surface area (Å²) in [5.41, 5.74) is 1.29. The van der Waals surface area contributed by atoms with E-state index in [9.17, 15) is 9.18 Å². The summed E-state index contributed by atoms with van der Waals surface area (Å²) in [7, 11) is 0. The van der Waals surface area contributed by atoms with E-state index in [1.807, 2.05) is 0 Å². The molecule has 0 atom stereocenters. The van der Waals surface area contributed by atoms with Gasteiger partial charge in [-0.1, -0.05) is 17.8 Å². The number of aliphatic carboxylic acids is 1. The highest BCUT2D eigenvalue weighted by molar-refractivity contribution is 7.98. The zero-order valence-corrected chi connectivity index (χ0v) is 11.4. The molecule has 0 radical (unpaired) electrons. The van der Waals surface area contributed by atoms with Crippen LogP contribution in [0.15, 0.2) is 33.9 Å². The molecule has 0 spiro atoms. The number of rotatable bonds is 5. The Morgan fingerprint density at radius 3 is 2.95 bits per heavy atom. The smallest absolute Gasteiger partial charge is 0.328 e. The minimum absolute atomic E-state index is 0.417. The van der Waals surface area contributed by atoms with Gasteiger partial charge in [-0.25, -0.2) is 9.18 Å². The molecule has 0 amide bonds. The number of carboxylic acids is 1. The van der Waals surface area contributed by atoms with Crippen LogP contribution in [0.2, 0.25) is 0 Å². The van der Waals surface area contributed by atoms with E-state index < -0.39 is 11.8 Å². The molecule has 2 rings (SSSR count). The Balaban J connectivity index is 2.15. The minimum Gasteiger partial charge on any atom is -0.478 e. The largest absolute Gasteiger partial charge is 0.478 e.